The van der Waals surface area contributed by atoms with Gasteiger partial charge in [-0.25, -0.2) is 39.1 Å². The summed E-state index contributed by atoms with van der Waals surface area (Å²) in [6, 6.07) is 31.1. The number of ether oxygens (including phenoxy) is 6. The van der Waals surface area contributed by atoms with E-state index in [1.807, 2.05) is 132 Å². The van der Waals surface area contributed by atoms with Gasteiger partial charge in [0.2, 0.25) is 0 Å². The van der Waals surface area contributed by atoms with Crippen molar-refractivity contribution in [3.05, 3.63) is 150 Å². The lowest BCUT2D eigenvalue weighted by molar-refractivity contribution is 0.00578. The fraction of sp³-hybridized carbons (Fsp3) is 0.532. The summed E-state index contributed by atoms with van der Waals surface area (Å²) in [6.07, 6.45) is 17.5. The Morgan fingerprint density at radius 3 is 1.09 bits per heavy atom. The number of benzene rings is 4. The molecule has 0 spiro atoms. The summed E-state index contributed by atoms with van der Waals surface area (Å²) >= 11 is 3.70. The first-order chi connectivity index (χ1) is 58.2. The molecule has 0 saturated carbocycles. The monoisotopic (exact) mass is 1790 g/mol. The topological polar surface area (TPSA) is 280 Å². The third-order valence-electron chi connectivity index (χ3n) is 23.3. The van der Waals surface area contributed by atoms with E-state index in [4.69, 9.17) is 52.7 Å². The van der Waals surface area contributed by atoms with Gasteiger partial charge >= 0.3 is 31.5 Å². The van der Waals surface area contributed by atoms with Crippen LogP contribution in [-0.2, 0) is 51.2 Å². The van der Waals surface area contributed by atoms with E-state index in [9.17, 15) is 19.2 Å². The van der Waals surface area contributed by atoms with Crippen molar-refractivity contribution in [2.75, 3.05) is 39.4 Å². The van der Waals surface area contributed by atoms with Crippen molar-refractivity contribution >= 4 is 90.8 Å². The molecule has 26 nitrogen and oxygen atoms in total. The number of aromatic nitrogens is 10. The lowest BCUT2D eigenvalue weighted by Gasteiger charge is -2.32. The van der Waals surface area contributed by atoms with E-state index in [0.29, 0.717) is 39.6 Å². The highest BCUT2D eigenvalue weighted by molar-refractivity contribution is 9.10. The zero-order valence-corrected chi connectivity index (χ0v) is 80.5. The Kier molecular flexibility index (Phi) is 27.5. The van der Waals surface area contributed by atoms with Gasteiger partial charge in [0.1, 0.15) is 59.2 Å². The van der Waals surface area contributed by atoms with Crippen molar-refractivity contribution in [2.45, 2.75) is 285 Å². The minimum atomic E-state index is -1.25. The van der Waals surface area contributed by atoms with Gasteiger partial charge in [0.25, 0.3) is 0 Å². The number of likely N-dealkylation sites (tertiary alicyclic amines) is 4. The summed E-state index contributed by atoms with van der Waals surface area (Å²) in [5.41, 5.74) is 10.2. The van der Waals surface area contributed by atoms with E-state index in [1.54, 1.807) is 19.6 Å². The van der Waals surface area contributed by atoms with Gasteiger partial charge in [0.05, 0.1) is 94.0 Å². The highest BCUT2D eigenvalue weighted by atomic mass is 79.9. The zero-order chi connectivity index (χ0) is 89.4. The predicted octanol–water partition coefficient (Wildman–Crippen LogP) is 22.2. The van der Waals surface area contributed by atoms with Gasteiger partial charge < -0.3 is 66.8 Å². The first-order valence-corrected chi connectivity index (χ1v) is 52.2. The Bertz CT molecular complexity index is 5360. The average molecular weight is 1800 g/mol. The van der Waals surface area contributed by atoms with Crippen molar-refractivity contribution in [3.63, 3.8) is 0 Å². The van der Waals surface area contributed by atoms with E-state index in [-0.39, 0.29) is 66.9 Å². The smallest absolute Gasteiger partial charge is 0.444 e. The quantitative estimate of drug-likeness (QED) is 0.0313. The first kappa shape index (κ1) is 92.4. The third kappa shape index (κ3) is 22.6. The molecule has 5 aliphatic heterocycles. The van der Waals surface area contributed by atoms with Crippen LogP contribution < -0.4 is 5.46 Å². The standard InChI is InChI=1S/C44H59N7O5Si.C26H37BrN4O3Si.C24H34BN3O4/c1-43(2,3)55-41(52)50-21-10-12-36(50)39-45-26-34(47-39)30-16-14-29(15-17-30)31-18-19-33(38-32(31)20-23-49(38)28-54-24-25-57(7,8)9)35-27-46-40(48-35)37-13-11-22-51(37)42(53)56-44(4,5)6;1-26(2,3)34-25(32)31-12-7-8-22(31)24-28-16-21(29-24)19-9-10-20(27)18-11-13-30(23(18)19)17-33-14-15-35(4,5)6;1-22(2,3)30-21(29)28-14-8-9-19(28)20-26-15-18(27-20)16-10-12-17(13-11-16)25-31-23(4,5)24(6,7)32-25/h14-20,23,26-27,36-37H,10-13,21-22,24-25,28H2,1-9H3,(H,45,47)(H,46,48);9-11,13,16,22H,7-8,12,14-15,17H2,1-6H3,(H,28,29);10-13,15,19H,8-9,14H2,1-7H3,(H,26,27)/t36-,37-;22-;19-/m000/s1. The number of nitrogens with one attached hydrogen (secondary N) is 4. The lowest BCUT2D eigenvalue weighted by atomic mass is 9.79. The average Bonchev–Trinajstić information content (AvgIpc) is 1.60. The summed E-state index contributed by atoms with van der Waals surface area (Å²) in [5.74, 6) is 3.12. The molecule has 6 aromatic heterocycles. The number of hydrogen-bond acceptors (Lipinski definition) is 16. The van der Waals surface area contributed by atoms with Gasteiger partial charge in [-0.3, -0.25) is 19.6 Å². The predicted molar refractivity (Wildman–Crippen MR) is 497 cm³/mol. The molecule has 4 atom stereocenters. The molecule has 30 heteroatoms. The molecule has 666 valence electrons. The number of halogens is 1. The Morgan fingerprint density at radius 2 is 0.734 bits per heavy atom. The van der Waals surface area contributed by atoms with Gasteiger partial charge in [0, 0.05) is 94.3 Å². The number of fused-ring (bicyclic) bond motifs is 2. The zero-order valence-electron chi connectivity index (χ0n) is 76.9. The van der Waals surface area contributed by atoms with Crippen LogP contribution in [-0.4, -0.2) is 189 Å². The maximum Gasteiger partial charge on any atom is 0.494 e. The Labute approximate surface area is 742 Å². The van der Waals surface area contributed by atoms with E-state index in [1.165, 1.54) is 0 Å². The fourth-order valence-electron chi connectivity index (χ4n) is 16.2. The van der Waals surface area contributed by atoms with E-state index in [0.717, 1.165) is 188 Å². The Balaban J connectivity index is 0.000000170. The van der Waals surface area contributed by atoms with Crippen LogP contribution in [0.15, 0.2) is 127 Å². The van der Waals surface area contributed by atoms with Crippen LogP contribution in [0, 0.1) is 0 Å². The number of nitrogens with zero attached hydrogens (tertiary/aromatic N) is 10. The Morgan fingerprint density at radius 1 is 0.427 bits per heavy atom. The maximum atomic E-state index is 13.1. The maximum absolute atomic E-state index is 13.1. The highest BCUT2D eigenvalue weighted by Crippen LogP contribution is 2.44. The van der Waals surface area contributed by atoms with Crippen LogP contribution >= 0.6 is 15.9 Å². The molecule has 124 heavy (non-hydrogen) atoms. The van der Waals surface area contributed by atoms with Crippen molar-refractivity contribution in [1.82, 2.24) is 68.6 Å². The van der Waals surface area contributed by atoms with Crippen LogP contribution in [0.5, 0.6) is 0 Å². The molecule has 4 N–H and O–H groups in total. The van der Waals surface area contributed by atoms with Crippen LogP contribution in [0.1, 0.15) is 210 Å². The van der Waals surface area contributed by atoms with Crippen LogP contribution in [0.2, 0.25) is 51.4 Å². The second-order valence-corrected chi connectivity index (χ2v) is 53.0. The summed E-state index contributed by atoms with van der Waals surface area (Å²) in [5, 5.41) is 2.23. The number of rotatable bonds is 20. The molecule has 0 bridgehead atoms. The van der Waals surface area contributed by atoms with Crippen molar-refractivity contribution in [2.24, 2.45) is 0 Å². The number of amides is 4. The molecule has 5 fully saturated rings. The first-order valence-electron chi connectivity index (χ1n) is 44.0. The number of aromatic amines is 4. The summed E-state index contributed by atoms with van der Waals surface area (Å²) in [6.45, 7) is 50.1. The molecule has 4 amide bonds. The number of H-pyrrole nitrogens is 4. The van der Waals surface area contributed by atoms with Gasteiger partial charge in [-0.1, -0.05) is 116 Å². The fourth-order valence-corrected chi connectivity index (χ4v) is 18.1. The summed E-state index contributed by atoms with van der Waals surface area (Å²) < 4.78 is 52.7. The van der Waals surface area contributed by atoms with Gasteiger partial charge in [-0.2, -0.15) is 0 Å². The van der Waals surface area contributed by atoms with Crippen molar-refractivity contribution in [3.8, 4) is 56.2 Å². The SMILES string of the molecule is CC(C)(C)OC(=O)N1CCC[C@H]1c1ncc(-c2ccc(-c3ccc(-c4cnc([C@@H]5CCCN5C(=O)OC(C)(C)C)[nH]4)c4c3ccn4COCC[Si](C)(C)C)cc2)[nH]1.CC(C)(C)OC(=O)N1CCC[C@H]1c1ncc(-c2ccc(B3OC(C)(C)C(C)(C)O3)cc2)[nH]1.CC(C)(C)OC(=O)N1CCC[C@H]1c1ncc(-c2ccc(Br)c3ccn(COCC[Si](C)(C)C)c23)[nH]1. The van der Waals surface area contributed by atoms with Crippen molar-refractivity contribution < 1.29 is 56.9 Å². The van der Waals surface area contributed by atoms with Gasteiger partial charge in [-0.15, -0.1) is 0 Å². The molecular weight excluding hydrogens is 1660 g/mol. The van der Waals surface area contributed by atoms with E-state index < -0.39 is 38.6 Å². The summed E-state index contributed by atoms with van der Waals surface area (Å²) in [4.78, 5) is 91.4. The van der Waals surface area contributed by atoms with Crippen molar-refractivity contribution in [1.29, 1.82) is 0 Å². The number of hydrogen-bond donors (Lipinski definition) is 4. The van der Waals surface area contributed by atoms with E-state index in [2.05, 4.69) is 190 Å². The van der Waals surface area contributed by atoms with Gasteiger partial charge in [-0.05, 0) is 226 Å². The molecule has 0 unspecified atom stereocenters. The van der Waals surface area contributed by atoms with Crippen LogP contribution in [0.4, 0.5) is 19.2 Å². The molecular formula is C94H130BBrN14O12Si2. The molecule has 5 aliphatic rings. The van der Waals surface area contributed by atoms with E-state index >= 15 is 0 Å². The third-order valence-corrected chi connectivity index (χ3v) is 27.4. The minimum Gasteiger partial charge on any atom is -0.444 e. The lowest BCUT2D eigenvalue weighted by Crippen LogP contribution is -2.41. The van der Waals surface area contributed by atoms with Crippen LogP contribution in [0.25, 0.3) is 78.0 Å². The molecule has 4 aromatic carbocycles. The summed E-state index contributed by atoms with van der Waals surface area (Å²) in [7, 11) is -2.77. The molecule has 10 aromatic rings. The normalized spacial score (nSPS) is 18.8. The van der Waals surface area contributed by atoms with Gasteiger partial charge in [0.15, 0.2) is 0 Å². The Hall–Kier alpha value is -9.30. The van der Waals surface area contributed by atoms with Crippen LogP contribution in [0.3, 0.4) is 0 Å². The number of carbonyl (C=O) groups excluding carboxylic acids is 4. The number of carbonyl (C=O) groups is 4. The molecule has 15 rings (SSSR count). The number of imidazole rings is 4. The molecule has 11 heterocycles. The second-order valence-electron chi connectivity index (χ2n) is 40.9. The molecule has 0 radical (unpaired) electrons. The molecule has 5 saturated heterocycles. The largest absolute Gasteiger partial charge is 0.494 e. The minimum absolute atomic E-state index is 0.0948. The molecule has 0 aliphatic carbocycles. The highest BCUT2D eigenvalue weighted by Gasteiger charge is 2.52. The second kappa shape index (κ2) is 36.9.